The second-order valence-corrected chi connectivity index (χ2v) is 3.79. The van der Waals surface area contributed by atoms with Crippen LogP contribution in [-0.4, -0.2) is 16.2 Å². The average molecular weight is 199 g/mol. The molecule has 0 spiro atoms. The van der Waals surface area contributed by atoms with Crippen LogP contribution in [0.2, 0.25) is 0 Å². The summed E-state index contributed by atoms with van der Waals surface area (Å²) < 4.78 is 0.585. The van der Waals surface area contributed by atoms with Crippen molar-refractivity contribution in [3.8, 4) is 0 Å². The maximum absolute atomic E-state index is 5.00. The van der Waals surface area contributed by atoms with E-state index in [0.717, 1.165) is 18.1 Å². The molecule has 64 valence electrons. The average Bonchev–Trinajstić information content (AvgIpc) is 2.50. The Morgan fingerprint density at radius 2 is 2.33 bits per heavy atom. The van der Waals surface area contributed by atoms with E-state index < -0.39 is 0 Å². The molecule has 1 aliphatic heterocycles. The molecule has 0 aliphatic carbocycles. The van der Waals surface area contributed by atoms with E-state index in [1.807, 2.05) is 6.26 Å². The number of thioether (sulfide) groups is 1. The minimum absolute atomic E-state index is 0.585. The van der Waals surface area contributed by atoms with E-state index in [0.29, 0.717) is 4.77 Å². The standard InChI is InChI=1S/C7H9N3S2/c1-12-6-4-2-8-3-5(4)9-7(11)10-6/h8H,2-3H2,1H3,(H,9,10,11). The molecule has 0 bridgehead atoms. The van der Waals surface area contributed by atoms with E-state index in [1.165, 1.54) is 11.3 Å². The van der Waals surface area contributed by atoms with Crippen LogP contribution in [0.1, 0.15) is 11.3 Å². The smallest absolute Gasteiger partial charge is 0.198 e. The van der Waals surface area contributed by atoms with Crippen molar-refractivity contribution in [3.63, 3.8) is 0 Å². The maximum atomic E-state index is 5.00. The van der Waals surface area contributed by atoms with Crippen molar-refractivity contribution in [1.82, 2.24) is 15.3 Å². The third-order valence-electron chi connectivity index (χ3n) is 1.88. The number of nitrogens with one attached hydrogen (secondary N) is 2. The van der Waals surface area contributed by atoms with Crippen LogP contribution in [0.25, 0.3) is 0 Å². The van der Waals surface area contributed by atoms with Gasteiger partial charge < -0.3 is 10.3 Å². The Bertz CT molecular complexity index is 358. The first-order valence-corrected chi connectivity index (χ1v) is 5.31. The summed E-state index contributed by atoms with van der Waals surface area (Å²) in [6.45, 7) is 1.79. The van der Waals surface area contributed by atoms with Crippen LogP contribution >= 0.6 is 24.0 Å². The van der Waals surface area contributed by atoms with E-state index in [4.69, 9.17) is 12.2 Å². The van der Waals surface area contributed by atoms with Gasteiger partial charge in [-0.15, -0.1) is 11.8 Å². The van der Waals surface area contributed by atoms with Gasteiger partial charge in [0.1, 0.15) is 5.03 Å². The second kappa shape index (κ2) is 3.16. The molecule has 5 heteroatoms. The fourth-order valence-corrected chi connectivity index (χ4v) is 2.23. The summed E-state index contributed by atoms with van der Waals surface area (Å²) in [6, 6.07) is 0. The van der Waals surface area contributed by atoms with Crippen molar-refractivity contribution < 1.29 is 0 Å². The largest absolute Gasteiger partial charge is 0.333 e. The summed E-state index contributed by atoms with van der Waals surface area (Å²) in [5.74, 6) is 0. The van der Waals surface area contributed by atoms with Crippen LogP contribution in [-0.2, 0) is 13.1 Å². The van der Waals surface area contributed by atoms with Crippen LogP contribution in [0.4, 0.5) is 0 Å². The van der Waals surface area contributed by atoms with E-state index in [1.54, 1.807) is 11.8 Å². The van der Waals surface area contributed by atoms with Crippen molar-refractivity contribution in [2.75, 3.05) is 6.26 Å². The number of rotatable bonds is 1. The van der Waals surface area contributed by atoms with E-state index in [-0.39, 0.29) is 0 Å². The van der Waals surface area contributed by atoms with Crippen LogP contribution in [0.5, 0.6) is 0 Å². The fraction of sp³-hybridized carbons (Fsp3) is 0.429. The SMILES string of the molecule is CSc1nc(=S)[nH]c2c1CNC2. The summed E-state index contributed by atoms with van der Waals surface area (Å²) >= 11 is 6.65. The molecule has 0 saturated carbocycles. The van der Waals surface area contributed by atoms with Crippen molar-refractivity contribution in [2.24, 2.45) is 0 Å². The van der Waals surface area contributed by atoms with Crippen LogP contribution in [0.15, 0.2) is 5.03 Å². The van der Waals surface area contributed by atoms with Gasteiger partial charge in [-0.25, -0.2) is 4.98 Å². The fourth-order valence-electron chi connectivity index (χ4n) is 1.34. The normalized spacial score (nSPS) is 14.8. The van der Waals surface area contributed by atoms with Crippen molar-refractivity contribution in [3.05, 3.63) is 16.0 Å². The predicted octanol–water partition coefficient (Wildman–Crippen LogP) is 1.46. The van der Waals surface area contributed by atoms with Gasteiger partial charge in [-0.2, -0.15) is 0 Å². The Morgan fingerprint density at radius 1 is 1.50 bits per heavy atom. The van der Waals surface area contributed by atoms with Crippen molar-refractivity contribution in [1.29, 1.82) is 0 Å². The molecular formula is C7H9N3S2. The van der Waals surface area contributed by atoms with E-state index in [9.17, 15) is 0 Å². The van der Waals surface area contributed by atoms with Crippen LogP contribution in [0.3, 0.4) is 0 Å². The molecule has 2 N–H and O–H groups in total. The lowest BCUT2D eigenvalue weighted by molar-refractivity contribution is 0.754. The van der Waals surface area contributed by atoms with Gasteiger partial charge in [0.05, 0.1) is 0 Å². The lowest BCUT2D eigenvalue weighted by atomic mass is 10.3. The van der Waals surface area contributed by atoms with Gasteiger partial charge in [-0.1, -0.05) is 0 Å². The van der Waals surface area contributed by atoms with Crippen molar-refractivity contribution >= 4 is 24.0 Å². The first-order chi connectivity index (χ1) is 5.81. The third kappa shape index (κ3) is 1.28. The molecule has 0 saturated heterocycles. The Hall–Kier alpha value is -0.390. The van der Waals surface area contributed by atoms with Gasteiger partial charge in [0.15, 0.2) is 4.77 Å². The number of nitrogens with zero attached hydrogens (tertiary/aromatic N) is 1. The van der Waals surface area contributed by atoms with E-state index >= 15 is 0 Å². The minimum atomic E-state index is 0.585. The van der Waals surface area contributed by atoms with Gasteiger partial charge in [0.2, 0.25) is 0 Å². The molecule has 0 radical (unpaired) electrons. The highest BCUT2D eigenvalue weighted by atomic mass is 32.2. The number of hydrogen-bond acceptors (Lipinski definition) is 4. The highest BCUT2D eigenvalue weighted by Gasteiger charge is 2.15. The quantitative estimate of drug-likeness (QED) is 0.408. The molecule has 0 atom stereocenters. The molecule has 2 rings (SSSR count). The molecule has 0 unspecified atom stereocenters. The lowest BCUT2D eigenvalue weighted by Gasteiger charge is -2.02. The first-order valence-electron chi connectivity index (χ1n) is 3.68. The summed E-state index contributed by atoms with van der Waals surface area (Å²) in [5.41, 5.74) is 2.47. The summed E-state index contributed by atoms with van der Waals surface area (Å²) in [4.78, 5) is 7.34. The van der Waals surface area contributed by atoms with Crippen LogP contribution < -0.4 is 5.32 Å². The molecule has 1 aromatic rings. The van der Waals surface area contributed by atoms with Gasteiger partial charge in [0.25, 0.3) is 0 Å². The van der Waals surface area contributed by atoms with Gasteiger partial charge in [-0.05, 0) is 18.5 Å². The third-order valence-corrected chi connectivity index (χ3v) is 2.80. The Morgan fingerprint density at radius 3 is 3.08 bits per heavy atom. The highest BCUT2D eigenvalue weighted by molar-refractivity contribution is 7.98. The molecule has 2 heterocycles. The van der Waals surface area contributed by atoms with Gasteiger partial charge in [0, 0.05) is 24.3 Å². The first kappa shape index (κ1) is 8.22. The summed E-state index contributed by atoms with van der Waals surface area (Å²) in [7, 11) is 0. The van der Waals surface area contributed by atoms with E-state index in [2.05, 4.69) is 15.3 Å². The number of fused-ring (bicyclic) bond motifs is 1. The van der Waals surface area contributed by atoms with Gasteiger partial charge in [-0.3, -0.25) is 0 Å². The molecule has 0 aromatic carbocycles. The molecule has 1 aliphatic rings. The zero-order chi connectivity index (χ0) is 8.55. The summed E-state index contributed by atoms with van der Waals surface area (Å²) in [5, 5.41) is 4.31. The Labute approximate surface area is 80.0 Å². The second-order valence-electron chi connectivity index (χ2n) is 2.61. The molecule has 0 amide bonds. The highest BCUT2D eigenvalue weighted by Crippen LogP contribution is 2.22. The number of H-pyrrole nitrogens is 1. The predicted molar refractivity (Wildman–Crippen MR) is 51.7 cm³/mol. The minimum Gasteiger partial charge on any atom is -0.333 e. The molecule has 1 aromatic heterocycles. The lowest BCUT2D eigenvalue weighted by Crippen LogP contribution is -2.00. The zero-order valence-corrected chi connectivity index (χ0v) is 8.31. The molecule has 12 heavy (non-hydrogen) atoms. The Kier molecular flexibility index (Phi) is 2.16. The number of hydrogen-bond donors (Lipinski definition) is 2. The summed E-state index contributed by atoms with van der Waals surface area (Å²) in [6.07, 6.45) is 2.02. The topological polar surface area (TPSA) is 40.7 Å². The monoisotopic (exact) mass is 199 g/mol. The maximum Gasteiger partial charge on any atom is 0.198 e. The van der Waals surface area contributed by atoms with Crippen molar-refractivity contribution in [2.45, 2.75) is 18.1 Å². The molecule has 3 nitrogen and oxygen atoms in total. The molecule has 0 fully saturated rings. The van der Waals surface area contributed by atoms with Crippen LogP contribution in [0, 0.1) is 4.77 Å². The molecular weight excluding hydrogens is 190 g/mol. The van der Waals surface area contributed by atoms with Gasteiger partial charge >= 0.3 is 0 Å². The number of aromatic nitrogens is 2. The number of aromatic amines is 1. The Balaban J connectivity index is 2.62. The zero-order valence-electron chi connectivity index (χ0n) is 6.68.